The zero-order valence-corrected chi connectivity index (χ0v) is 10.7. The highest BCUT2D eigenvalue weighted by Gasteiger charge is 2.21. The van der Waals surface area contributed by atoms with E-state index in [1.807, 2.05) is 0 Å². The Morgan fingerprint density at radius 2 is 1.67 bits per heavy atom. The summed E-state index contributed by atoms with van der Waals surface area (Å²) in [6.45, 7) is 11.5. The van der Waals surface area contributed by atoms with Crippen LogP contribution in [-0.4, -0.2) is 4.83 Å². The molecular formula is C11H23Br. The largest absolute Gasteiger partial charge is 0.0885 e. The number of rotatable bonds is 4. The second-order valence-corrected chi connectivity index (χ2v) is 6.03. The van der Waals surface area contributed by atoms with Crippen LogP contribution in [-0.2, 0) is 0 Å². The second-order valence-electron chi connectivity index (χ2n) is 4.92. The van der Waals surface area contributed by atoms with Crippen molar-refractivity contribution in [1.82, 2.24) is 0 Å². The van der Waals surface area contributed by atoms with E-state index in [-0.39, 0.29) is 0 Å². The van der Waals surface area contributed by atoms with Gasteiger partial charge >= 0.3 is 0 Å². The maximum absolute atomic E-state index is 3.76. The third kappa shape index (κ3) is 5.18. The molecule has 0 saturated heterocycles. The van der Waals surface area contributed by atoms with Gasteiger partial charge in [-0.3, -0.25) is 0 Å². The van der Waals surface area contributed by atoms with E-state index in [2.05, 4.69) is 50.5 Å². The highest BCUT2D eigenvalue weighted by molar-refractivity contribution is 9.09. The van der Waals surface area contributed by atoms with Crippen molar-refractivity contribution in [2.24, 2.45) is 11.3 Å². The molecule has 0 aliphatic heterocycles. The molecule has 0 aromatic rings. The van der Waals surface area contributed by atoms with E-state index in [0.717, 1.165) is 5.92 Å². The SMILES string of the molecule is CCC(C)CCC(Br)C(C)(C)C. The standard InChI is InChI=1S/C11H23Br/c1-6-9(2)7-8-10(12)11(3,4)5/h9-10H,6-8H2,1-5H3. The Hall–Kier alpha value is 0.480. The van der Waals surface area contributed by atoms with Gasteiger partial charge in [-0.15, -0.1) is 0 Å². The summed E-state index contributed by atoms with van der Waals surface area (Å²) in [6.07, 6.45) is 3.96. The van der Waals surface area contributed by atoms with Gasteiger partial charge in [-0.05, 0) is 24.2 Å². The van der Waals surface area contributed by atoms with E-state index in [0.29, 0.717) is 10.2 Å². The fraction of sp³-hybridized carbons (Fsp3) is 1.00. The Bertz CT molecular complexity index is 113. The van der Waals surface area contributed by atoms with Crippen LogP contribution in [0.3, 0.4) is 0 Å². The summed E-state index contributed by atoms with van der Waals surface area (Å²) in [7, 11) is 0. The molecule has 0 rings (SSSR count). The van der Waals surface area contributed by atoms with Crippen molar-refractivity contribution >= 4 is 15.9 Å². The molecular weight excluding hydrogens is 212 g/mol. The first-order valence-corrected chi connectivity index (χ1v) is 5.93. The van der Waals surface area contributed by atoms with E-state index >= 15 is 0 Å². The van der Waals surface area contributed by atoms with E-state index in [9.17, 15) is 0 Å². The summed E-state index contributed by atoms with van der Waals surface area (Å²) in [6, 6.07) is 0. The van der Waals surface area contributed by atoms with Gasteiger partial charge in [0.2, 0.25) is 0 Å². The van der Waals surface area contributed by atoms with E-state index in [4.69, 9.17) is 0 Å². The Morgan fingerprint density at radius 3 is 2.00 bits per heavy atom. The van der Waals surface area contributed by atoms with Crippen LogP contribution in [0, 0.1) is 11.3 Å². The molecule has 0 bridgehead atoms. The van der Waals surface area contributed by atoms with Gasteiger partial charge in [-0.2, -0.15) is 0 Å². The minimum Gasteiger partial charge on any atom is -0.0885 e. The first kappa shape index (κ1) is 12.5. The molecule has 74 valence electrons. The van der Waals surface area contributed by atoms with Gasteiger partial charge in [0.1, 0.15) is 0 Å². The molecule has 0 heterocycles. The lowest BCUT2D eigenvalue weighted by Gasteiger charge is -2.26. The van der Waals surface area contributed by atoms with Crippen molar-refractivity contribution in [3.8, 4) is 0 Å². The van der Waals surface area contributed by atoms with Gasteiger partial charge in [0.05, 0.1) is 0 Å². The summed E-state index contributed by atoms with van der Waals surface area (Å²) in [5.41, 5.74) is 0.410. The number of halogens is 1. The van der Waals surface area contributed by atoms with Gasteiger partial charge in [0.15, 0.2) is 0 Å². The quantitative estimate of drug-likeness (QED) is 0.623. The monoisotopic (exact) mass is 234 g/mol. The van der Waals surface area contributed by atoms with Gasteiger partial charge in [0, 0.05) is 4.83 Å². The molecule has 2 atom stereocenters. The molecule has 0 aromatic carbocycles. The minimum atomic E-state index is 0.410. The first-order valence-electron chi connectivity index (χ1n) is 5.02. The fourth-order valence-corrected chi connectivity index (χ4v) is 1.33. The summed E-state index contributed by atoms with van der Waals surface area (Å²) < 4.78 is 0. The van der Waals surface area contributed by atoms with Crippen LogP contribution in [0.2, 0.25) is 0 Å². The highest BCUT2D eigenvalue weighted by Crippen LogP contribution is 2.30. The van der Waals surface area contributed by atoms with Crippen LogP contribution in [0.5, 0.6) is 0 Å². The second kappa shape index (κ2) is 5.26. The molecule has 0 N–H and O–H groups in total. The minimum absolute atomic E-state index is 0.410. The Morgan fingerprint density at radius 1 is 1.17 bits per heavy atom. The maximum Gasteiger partial charge on any atom is 0.0194 e. The Balaban J connectivity index is 3.64. The van der Waals surface area contributed by atoms with Crippen molar-refractivity contribution in [1.29, 1.82) is 0 Å². The molecule has 2 unspecified atom stereocenters. The molecule has 0 nitrogen and oxygen atoms in total. The number of hydrogen-bond donors (Lipinski definition) is 0. The lowest BCUT2D eigenvalue weighted by atomic mass is 9.87. The van der Waals surface area contributed by atoms with Gasteiger partial charge in [-0.25, -0.2) is 0 Å². The zero-order valence-electron chi connectivity index (χ0n) is 9.15. The smallest absolute Gasteiger partial charge is 0.0194 e. The lowest BCUT2D eigenvalue weighted by Crippen LogP contribution is -2.20. The maximum atomic E-state index is 3.76. The molecule has 0 fully saturated rings. The number of alkyl halides is 1. The fourth-order valence-electron chi connectivity index (χ4n) is 1.07. The number of hydrogen-bond acceptors (Lipinski definition) is 0. The van der Waals surface area contributed by atoms with E-state index in [1.165, 1.54) is 19.3 Å². The highest BCUT2D eigenvalue weighted by atomic mass is 79.9. The third-order valence-corrected chi connectivity index (χ3v) is 4.38. The van der Waals surface area contributed by atoms with Crippen LogP contribution in [0.25, 0.3) is 0 Å². The lowest BCUT2D eigenvalue weighted by molar-refractivity contribution is 0.359. The Labute approximate surface area is 86.3 Å². The molecule has 0 spiro atoms. The summed E-state index contributed by atoms with van der Waals surface area (Å²) in [4.78, 5) is 0.666. The predicted octanol–water partition coefficient (Wildman–Crippen LogP) is 4.62. The van der Waals surface area contributed by atoms with E-state index in [1.54, 1.807) is 0 Å². The molecule has 0 amide bonds. The Kier molecular flexibility index (Phi) is 5.47. The molecule has 0 radical (unpaired) electrons. The van der Waals surface area contributed by atoms with Crippen LogP contribution < -0.4 is 0 Å². The topological polar surface area (TPSA) is 0 Å². The summed E-state index contributed by atoms with van der Waals surface area (Å²) in [5, 5.41) is 0. The summed E-state index contributed by atoms with van der Waals surface area (Å²) in [5.74, 6) is 0.882. The van der Waals surface area contributed by atoms with Crippen LogP contribution in [0.4, 0.5) is 0 Å². The van der Waals surface area contributed by atoms with Gasteiger partial charge < -0.3 is 0 Å². The molecule has 12 heavy (non-hydrogen) atoms. The molecule has 0 aliphatic carbocycles. The van der Waals surface area contributed by atoms with E-state index < -0.39 is 0 Å². The summed E-state index contributed by atoms with van der Waals surface area (Å²) >= 11 is 3.76. The van der Waals surface area contributed by atoms with Crippen molar-refractivity contribution in [3.63, 3.8) is 0 Å². The average Bonchev–Trinajstić information content (AvgIpc) is 1.97. The van der Waals surface area contributed by atoms with Gasteiger partial charge in [0.25, 0.3) is 0 Å². The van der Waals surface area contributed by atoms with Crippen LogP contribution in [0.15, 0.2) is 0 Å². The molecule has 1 heteroatoms. The molecule has 0 saturated carbocycles. The predicted molar refractivity (Wildman–Crippen MR) is 60.9 cm³/mol. The normalized spacial score (nSPS) is 17.5. The average molecular weight is 235 g/mol. The third-order valence-electron chi connectivity index (χ3n) is 2.55. The molecule has 0 aliphatic rings. The van der Waals surface area contributed by atoms with Crippen LogP contribution >= 0.6 is 15.9 Å². The van der Waals surface area contributed by atoms with Crippen molar-refractivity contribution < 1.29 is 0 Å². The van der Waals surface area contributed by atoms with Crippen molar-refractivity contribution in [2.45, 2.75) is 58.7 Å². The first-order chi connectivity index (χ1) is 5.38. The zero-order chi connectivity index (χ0) is 9.78. The van der Waals surface area contributed by atoms with Gasteiger partial charge in [-0.1, -0.05) is 57.0 Å². The van der Waals surface area contributed by atoms with Crippen LogP contribution in [0.1, 0.15) is 53.9 Å². The molecule has 0 aromatic heterocycles. The van der Waals surface area contributed by atoms with Crippen molar-refractivity contribution in [3.05, 3.63) is 0 Å². The van der Waals surface area contributed by atoms with Crippen molar-refractivity contribution in [2.75, 3.05) is 0 Å².